The molecule has 5 N–H and O–H groups in total. The van der Waals surface area contributed by atoms with Crippen LogP contribution in [-0.2, 0) is 31.1 Å². The van der Waals surface area contributed by atoms with E-state index in [1.807, 2.05) is 0 Å². The number of carbonyl (C=O) groups excluding carboxylic acids is 1. The van der Waals surface area contributed by atoms with Gasteiger partial charge in [0.25, 0.3) is 0 Å². The average Bonchev–Trinajstić information content (AvgIpc) is 2.96. The Morgan fingerprint density at radius 2 is 1.88 bits per heavy atom. The van der Waals surface area contributed by atoms with Crippen LogP contribution >= 0.6 is 15.9 Å². The van der Waals surface area contributed by atoms with Gasteiger partial charge in [0.2, 0.25) is 0 Å². The second-order valence-corrected chi connectivity index (χ2v) is 6.42. The third-order valence-electron chi connectivity index (χ3n) is 4.13. The number of H-pyrrole nitrogens is 1. The van der Waals surface area contributed by atoms with Gasteiger partial charge in [-0.3, -0.25) is 0 Å². The van der Waals surface area contributed by atoms with Crippen molar-refractivity contribution >= 4 is 21.9 Å². The molecule has 0 spiro atoms. The normalized spacial score (nSPS) is 11.0. The third-order valence-corrected chi connectivity index (χ3v) is 4.93. The quantitative estimate of drug-likeness (QED) is 0.411. The molecule has 0 fully saturated rings. The maximum absolute atomic E-state index is 12.2. The zero-order chi connectivity index (χ0) is 19.3. The van der Waals surface area contributed by atoms with Gasteiger partial charge in [-0.1, -0.05) is 12.1 Å². The van der Waals surface area contributed by atoms with Crippen molar-refractivity contribution in [2.24, 2.45) is 0 Å². The second kappa shape index (κ2) is 9.29. The molecule has 1 aromatic carbocycles. The fraction of sp³-hybridized carbons (Fsp3) is 0.389. The Morgan fingerprint density at radius 1 is 1.19 bits per heavy atom. The van der Waals surface area contributed by atoms with E-state index in [0.717, 1.165) is 5.69 Å². The summed E-state index contributed by atoms with van der Waals surface area (Å²) in [5, 5.41) is 32.1. The molecule has 0 aliphatic carbocycles. The highest BCUT2D eigenvalue weighted by Gasteiger charge is 2.25. The number of ether oxygens (including phenoxy) is 1. The lowest BCUT2D eigenvalue weighted by Gasteiger charge is -2.16. The number of aliphatic hydroxyl groups is 3. The number of nitrogens with one attached hydrogen (secondary N) is 2. The van der Waals surface area contributed by atoms with Crippen LogP contribution < -0.4 is 5.32 Å². The first kappa shape index (κ1) is 20.6. The molecule has 0 aliphatic rings. The maximum atomic E-state index is 12.2. The van der Waals surface area contributed by atoms with Crippen LogP contribution in [0.2, 0.25) is 0 Å². The van der Waals surface area contributed by atoms with E-state index < -0.39 is 5.97 Å². The van der Waals surface area contributed by atoms with E-state index in [2.05, 4.69) is 26.2 Å². The summed E-state index contributed by atoms with van der Waals surface area (Å²) in [6, 6.07) is 3.46. The minimum absolute atomic E-state index is 0.241. The van der Waals surface area contributed by atoms with Crippen molar-refractivity contribution < 1.29 is 24.9 Å². The predicted molar refractivity (Wildman–Crippen MR) is 100 cm³/mol. The first-order valence-electron chi connectivity index (χ1n) is 8.22. The van der Waals surface area contributed by atoms with Gasteiger partial charge < -0.3 is 30.4 Å². The summed E-state index contributed by atoms with van der Waals surface area (Å²) in [7, 11) is 1.78. The van der Waals surface area contributed by atoms with Crippen LogP contribution in [0.3, 0.4) is 0 Å². The van der Waals surface area contributed by atoms with Gasteiger partial charge in [-0.15, -0.1) is 0 Å². The highest BCUT2D eigenvalue weighted by molar-refractivity contribution is 9.10. The van der Waals surface area contributed by atoms with Crippen molar-refractivity contribution in [2.45, 2.75) is 33.3 Å². The fourth-order valence-corrected chi connectivity index (χ4v) is 3.68. The van der Waals surface area contributed by atoms with Gasteiger partial charge in [0.05, 0.1) is 30.9 Å². The SMILES string of the molecule is CCOC(=O)c1[nH]c(CNC)c(-c2ccc(CO)c(CO)c2CO)c1Br. The Bertz CT molecular complexity index is 788. The molecule has 0 saturated carbocycles. The number of hydrogen-bond acceptors (Lipinski definition) is 6. The summed E-state index contributed by atoms with van der Waals surface area (Å²) >= 11 is 3.47. The zero-order valence-corrected chi connectivity index (χ0v) is 16.3. The summed E-state index contributed by atoms with van der Waals surface area (Å²) in [6.45, 7) is 1.57. The van der Waals surface area contributed by atoms with Gasteiger partial charge in [0.15, 0.2) is 0 Å². The topological polar surface area (TPSA) is 115 Å². The number of rotatable bonds is 8. The van der Waals surface area contributed by atoms with Crippen molar-refractivity contribution in [1.29, 1.82) is 0 Å². The predicted octanol–water partition coefficient (Wildman–Crippen LogP) is 1.82. The number of hydrogen-bond donors (Lipinski definition) is 5. The number of carbonyl (C=O) groups is 1. The number of esters is 1. The monoisotopic (exact) mass is 426 g/mol. The highest BCUT2D eigenvalue weighted by Crippen LogP contribution is 2.39. The molecule has 0 atom stereocenters. The smallest absolute Gasteiger partial charge is 0.355 e. The molecule has 2 aromatic rings. The van der Waals surface area contributed by atoms with Crippen molar-refractivity contribution in [3.05, 3.63) is 44.7 Å². The summed E-state index contributed by atoms with van der Waals surface area (Å²) in [6.07, 6.45) is 0. The standard InChI is InChI=1S/C18H23BrN2O5/c1-3-26-18(25)17-16(19)15(14(21-17)6-20-2)11-5-4-10(7-22)12(8-23)13(11)9-24/h4-5,20-24H,3,6-9H2,1-2H3. The van der Waals surface area contributed by atoms with E-state index >= 15 is 0 Å². The summed E-state index contributed by atoms with van der Waals surface area (Å²) in [4.78, 5) is 15.3. The molecule has 26 heavy (non-hydrogen) atoms. The number of aromatic nitrogens is 1. The number of halogens is 1. The van der Waals surface area contributed by atoms with E-state index in [1.54, 1.807) is 26.1 Å². The van der Waals surface area contributed by atoms with Gasteiger partial charge in [-0.2, -0.15) is 0 Å². The van der Waals surface area contributed by atoms with E-state index in [-0.39, 0.29) is 32.1 Å². The first-order chi connectivity index (χ1) is 12.5. The van der Waals surface area contributed by atoms with Gasteiger partial charge in [-0.25, -0.2) is 4.79 Å². The minimum Gasteiger partial charge on any atom is -0.461 e. The molecular weight excluding hydrogens is 404 g/mol. The minimum atomic E-state index is -0.483. The molecule has 0 radical (unpaired) electrons. The van der Waals surface area contributed by atoms with Crippen molar-refractivity contribution in [2.75, 3.05) is 13.7 Å². The number of benzene rings is 1. The number of aliphatic hydroxyl groups excluding tert-OH is 3. The molecule has 1 aromatic heterocycles. The Balaban J connectivity index is 2.73. The van der Waals surface area contributed by atoms with Crippen molar-refractivity contribution in [3.63, 3.8) is 0 Å². The van der Waals surface area contributed by atoms with Crippen LogP contribution in [0.1, 0.15) is 39.8 Å². The van der Waals surface area contributed by atoms with Crippen LogP contribution in [0.5, 0.6) is 0 Å². The Labute approximate surface area is 160 Å². The molecule has 1 heterocycles. The first-order valence-corrected chi connectivity index (χ1v) is 9.01. The highest BCUT2D eigenvalue weighted by atomic mass is 79.9. The average molecular weight is 427 g/mol. The Morgan fingerprint density at radius 3 is 2.42 bits per heavy atom. The summed E-state index contributed by atoms with van der Waals surface area (Å²) in [5.74, 6) is -0.483. The van der Waals surface area contributed by atoms with Gasteiger partial charge in [-0.05, 0) is 52.2 Å². The van der Waals surface area contributed by atoms with Crippen LogP contribution in [0.4, 0.5) is 0 Å². The molecule has 2 rings (SSSR count). The fourth-order valence-electron chi connectivity index (χ4n) is 2.96. The van der Waals surface area contributed by atoms with E-state index in [1.165, 1.54) is 0 Å². The Hall–Kier alpha value is -1.71. The molecule has 0 aliphatic heterocycles. The molecule has 142 valence electrons. The third kappa shape index (κ3) is 3.84. The molecule has 0 saturated heterocycles. The van der Waals surface area contributed by atoms with Crippen molar-refractivity contribution in [3.8, 4) is 11.1 Å². The summed E-state index contributed by atoms with van der Waals surface area (Å²) in [5.41, 5.74) is 3.92. The van der Waals surface area contributed by atoms with E-state index in [4.69, 9.17) is 4.74 Å². The van der Waals surface area contributed by atoms with Gasteiger partial charge in [0, 0.05) is 17.8 Å². The lowest BCUT2D eigenvalue weighted by atomic mass is 9.92. The van der Waals surface area contributed by atoms with Gasteiger partial charge in [0.1, 0.15) is 5.69 Å². The van der Waals surface area contributed by atoms with Crippen LogP contribution in [0, 0.1) is 0 Å². The number of aromatic amines is 1. The lowest BCUT2D eigenvalue weighted by Crippen LogP contribution is -2.09. The van der Waals surface area contributed by atoms with E-state index in [9.17, 15) is 20.1 Å². The molecule has 0 unspecified atom stereocenters. The molecule has 8 heteroatoms. The largest absolute Gasteiger partial charge is 0.461 e. The zero-order valence-electron chi connectivity index (χ0n) is 14.7. The second-order valence-electron chi connectivity index (χ2n) is 5.62. The van der Waals surface area contributed by atoms with Crippen LogP contribution in [-0.4, -0.2) is 39.9 Å². The molecule has 0 amide bonds. The van der Waals surface area contributed by atoms with Crippen LogP contribution in [0.25, 0.3) is 11.1 Å². The Kier molecular flexibility index (Phi) is 7.36. The molecular formula is C18H23BrN2O5. The molecule has 0 bridgehead atoms. The van der Waals surface area contributed by atoms with Crippen LogP contribution in [0.15, 0.2) is 16.6 Å². The van der Waals surface area contributed by atoms with Crippen molar-refractivity contribution in [1.82, 2.24) is 10.3 Å². The molecule has 7 nitrogen and oxygen atoms in total. The maximum Gasteiger partial charge on any atom is 0.355 e. The summed E-state index contributed by atoms with van der Waals surface area (Å²) < 4.78 is 5.61. The lowest BCUT2D eigenvalue weighted by molar-refractivity contribution is 0.0519. The van der Waals surface area contributed by atoms with E-state index in [0.29, 0.717) is 38.8 Å². The van der Waals surface area contributed by atoms with Gasteiger partial charge >= 0.3 is 5.97 Å².